The Hall–Kier alpha value is -2.69. The van der Waals surface area contributed by atoms with E-state index in [0.29, 0.717) is 5.92 Å². The van der Waals surface area contributed by atoms with Crippen molar-refractivity contribution in [2.45, 2.75) is 13.8 Å². The molecule has 0 unspecified atom stereocenters. The molecule has 3 aromatic rings. The first-order valence-electron chi connectivity index (χ1n) is 7.58. The van der Waals surface area contributed by atoms with Gasteiger partial charge in [-0.2, -0.15) is 9.49 Å². The second-order valence-electron chi connectivity index (χ2n) is 5.96. The summed E-state index contributed by atoms with van der Waals surface area (Å²) < 4.78 is 13.0. The third-order valence-corrected chi connectivity index (χ3v) is 3.63. The Bertz CT molecular complexity index is 834. The molecule has 0 aliphatic heterocycles. The van der Waals surface area contributed by atoms with Gasteiger partial charge in [0.05, 0.1) is 11.2 Å². The molecule has 0 aliphatic carbocycles. The van der Waals surface area contributed by atoms with Gasteiger partial charge in [0.2, 0.25) is 5.95 Å². The quantitative estimate of drug-likeness (QED) is 0.701. The van der Waals surface area contributed by atoms with E-state index in [1.165, 1.54) is 12.3 Å². The predicted molar refractivity (Wildman–Crippen MR) is 91.2 cm³/mol. The molecule has 1 aromatic carbocycles. The lowest BCUT2D eigenvalue weighted by molar-refractivity contribution is 0.584. The molecule has 2 heterocycles. The van der Waals surface area contributed by atoms with Crippen LogP contribution >= 0.6 is 0 Å². The van der Waals surface area contributed by atoms with E-state index >= 15 is 0 Å². The molecule has 0 saturated carbocycles. The average Bonchev–Trinajstić information content (AvgIpc) is 2.96. The summed E-state index contributed by atoms with van der Waals surface area (Å²) in [5.41, 5.74) is 4.36. The van der Waals surface area contributed by atoms with Crippen molar-refractivity contribution >= 4 is 16.6 Å². The molecule has 0 amide bonds. The number of rotatable bonds is 5. The van der Waals surface area contributed by atoms with Crippen LogP contribution in [0.15, 0.2) is 43.1 Å². The van der Waals surface area contributed by atoms with Gasteiger partial charge in [-0.1, -0.05) is 26.5 Å². The van der Waals surface area contributed by atoms with Gasteiger partial charge in [0, 0.05) is 23.7 Å². The molecular weight excluding hydrogens is 291 g/mol. The Balaban J connectivity index is 1.96. The van der Waals surface area contributed by atoms with Gasteiger partial charge in [0.1, 0.15) is 5.69 Å². The summed E-state index contributed by atoms with van der Waals surface area (Å²) >= 11 is 0. The minimum atomic E-state index is -0.481. The second kappa shape index (κ2) is 6.20. The smallest absolute Gasteiger partial charge is 0.212 e. The van der Waals surface area contributed by atoms with Gasteiger partial charge in [-0.3, -0.25) is 5.10 Å². The largest absolute Gasteiger partial charge is 0.383 e. The van der Waals surface area contributed by atoms with E-state index in [9.17, 15) is 4.39 Å². The fraction of sp³-hybridized carbons (Fsp3) is 0.222. The number of nitrogens with zero attached hydrogens (tertiary/aromatic N) is 2. The molecular formula is C18H19FN4. The van der Waals surface area contributed by atoms with Gasteiger partial charge in [-0.25, -0.2) is 4.98 Å². The molecule has 0 spiro atoms. The number of benzene rings is 1. The first-order chi connectivity index (χ1) is 11.0. The summed E-state index contributed by atoms with van der Waals surface area (Å²) in [5.74, 6) is 0.0443. The lowest BCUT2D eigenvalue weighted by atomic mass is 10.0. The zero-order chi connectivity index (χ0) is 16.4. The van der Waals surface area contributed by atoms with Crippen molar-refractivity contribution in [1.29, 1.82) is 0 Å². The molecule has 4 nitrogen and oxygen atoms in total. The van der Waals surface area contributed by atoms with Crippen LogP contribution in [0.1, 0.15) is 19.5 Å². The monoisotopic (exact) mass is 310 g/mol. The molecule has 0 aliphatic rings. The summed E-state index contributed by atoms with van der Waals surface area (Å²) in [6, 6.07) is 9.02. The number of H-pyrrole nitrogens is 1. The highest BCUT2D eigenvalue weighted by Crippen LogP contribution is 2.27. The standard InChI is InChI=1S/C18H19FN4/c1-11(2)9-20-12(3)18-15-8-13(4-6-16(15)22-23-18)14-5-7-17(19)21-10-14/h4-8,10-11,20H,3,9H2,1-2H3,(H,22,23). The number of pyridine rings is 1. The molecule has 3 rings (SSSR count). The zero-order valence-electron chi connectivity index (χ0n) is 13.2. The SMILES string of the molecule is C=C(NCC(C)C)c1n[nH]c2ccc(-c3ccc(F)nc3)cc12. The van der Waals surface area contributed by atoms with Crippen molar-refractivity contribution in [3.05, 3.63) is 54.7 Å². The van der Waals surface area contributed by atoms with Gasteiger partial charge < -0.3 is 5.32 Å². The molecule has 2 aromatic heterocycles. The second-order valence-corrected chi connectivity index (χ2v) is 5.96. The van der Waals surface area contributed by atoms with Crippen molar-refractivity contribution in [3.63, 3.8) is 0 Å². The Kier molecular flexibility index (Phi) is 4.10. The van der Waals surface area contributed by atoms with Crippen LogP contribution in [0.25, 0.3) is 27.7 Å². The van der Waals surface area contributed by atoms with E-state index in [-0.39, 0.29) is 0 Å². The maximum absolute atomic E-state index is 13.0. The van der Waals surface area contributed by atoms with Crippen LogP contribution in [0, 0.1) is 11.9 Å². The van der Waals surface area contributed by atoms with Gasteiger partial charge >= 0.3 is 0 Å². The molecule has 0 atom stereocenters. The van der Waals surface area contributed by atoms with E-state index < -0.39 is 5.95 Å². The van der Waals surface area contributed by atoms with Crippen molar-refractivity contribution in [1.82, 2.24) is 20.5 Å². The lowest BCUT2D eigenvalue weighted by Gasteiger charge is -2.10. The molecule has 23 heavy (non-hydrogen) atoms. The van der Waals surface area contributed by atoms with Crippen LogP contribution in [-0.2, 0) is 0 Å². The van der Waals surface area contributed by atoms with Crippen molar-refractivity contribution in [3.8, 4) is 11.1 Å². The van der Waals surface area contributed by atoms with Crippen LogP contribution in [0.5, 0.6) is 0 Å². The first-order valence-corrected chi connectivity index (χ1v) is 7.58. The number of fused-ring (bicyclic) bond motifs is 1. The van der Waals surface area contributed by atoms with Crippen LogP contribution in [0.3, 0.4) is 0 Å². The third-order valence-electron chi connectivity index (χ3n) is 3.63. The van der Waals surface area contributed by atoms with E-state index in [1.807, 2.05) is 18.2 Å². The Morgan fingerprint density at radius 2 is 2.04 bits per heavy atom. The molecule has 0 fully saturated rings. The summed E-state index contributed by atoms with van der Waals surface area (Å²) in [7, 11) is 0. The fourth-order valence-corrected chi connectivity index (χ4v) is 2.38. The molecule has 2 N–H and O–H groups in total. The molecule has 0 bridgehead atoms. The van der Waals surface area contributed by atoms with Crippen LogP contribution in [0.4, 0.5) is 4.39 Å². The summed E-state index contributed by atoms with van der Waals surface area (Å²) in [6.45, 7) is 9.20. The fourth-order valence-electron chi connectivity index (χ4n) is 2.38. The van der Waals surface area contributed by atoms with E-state index in [2.05, 4.69) is 40.9 Å². The van der Waals surface area contributed by atoms with E-state index in [0.717, 1.165) is 40.0 Å². The van der Waals surface area contributed by atoms with Crippen LogP contribution < -0.4 is 5.32 Å². The maximum Gasteiger partial charge on any atom is 0.212 e. The minimum Gasteiger partial charge on any atom is -0.383 e. The van der Waals surface area contributed by atoms with E-state index in [4.69, 9.17) is 0 Å². The Morgan fingerprint density at radius 3 is 2.74 bits per heavy atom. The number of hydrogen-bond acceptors (Lipinski definition) is 3. The summed E-state index contributed by atoms with van der Waals surface area (Å²) in [4.78, 5) is 3.71. The van der Waals surface area contributed by atoms with Crippen LogP contribution in [0.2, 0.25) is 0 Å². The number of aromatic amines is 1. The summed E-state index contributed by atoms with van der Waals surface area (Å²) in [6.07, 6.45) is 1.53. The number of hydrogen-bond donors (Lipinski definition) is 2. The number of aromatic nitrogens is 3. The van der Waals surface area contributed by atoms with Gasteiger partial charge in [-0.15, -0.1) is 0 Å². The highest BCUT2D eigenvalue weighted by molar-refractivity contribution is 5.92. The number of nitrogens with one attached hydrogen (secondary N) is 2. The molecule has 5 heteroatoms. The van der Waals surface area contributed by atoms with Gasteiger partial charge in [-0.05, 0) is 35.7 Å². The van der Waals surface area contributed by atoms with Crippen LogP contribution in [-0.4, -0.2) is 21.7 Å². The molecule has 0 radical (unpaired) electrons. The van der Waals surface area contributed by atoms with Gasteiger partial charge in [0.25, 0.3) is 0 Å². The Morgan fingerprint density at radius 1 is 1.26 bits per heavy atom. The minimum absolute atomic E-state index is 0.481. The van der Waals surface area contributed by atoms with Gasteiger partial charge in [0.15, 0.2) is 0 Å². The van der Waals surface area contributed by atoms with Crippen molar-refractivity contribution < 1.29 is 4.39 Å². The zero-order valence-corrected chi connectivity index (χ0v) is 13.2. The lowest BCUT2D eigenvalue weighted by Crippen LogP contribution is -2.17. The highest BCUT2D eigenvalue weighted by atomic mass is 19.1. The summed E-state index contributed by atoms with van der Waals surface area (Å²) in [5, 5.41) is 11.7. The normalized spacial score (nSPS) is 11.1. The first kappa shape index (κ1) is 15.2. The van der Waals surface area contributed by atoms with Crippen molar-refractivity contribution in [2.75, 3.05) is 6.54 Å². The predicted octanol–water partition coefficient (Wildman–Crippen LogP) is 3.98. The molecule has 0 saturated heterocycles. The average molecular weight is 310 g/mol. The third kappa shape index (κ3) is 3.23. The Labute approximate surface area is 134 Å². The highest BCUT2D eigenvalue weighted by Gasteiger charge is 2.11. The van der Waals surface area contributed by atoms with E-state index in [1.54, 1.807) is 6.07 Å². The topological polar surface area (TPSA) is 53.6 Å². The number of halogens is 1. The van der Waals surface area contributed by atoms with Crippen molar-refractivity contribution in [2.24, 2.45) is 5.92 Å². The maximum atomic E-state index is 13.0. The molecule has 118 valence electrons.